The van der Waals surface area contributed by atoms with E-state index in [4.69, 9.17) is 63.1 Å². The molecule has 1 aromatic carbocycles. The Bertz CT molecular complexity index is 3160. The van der Waals surface area contributed by atoms with E-state index < -0.39 is 187 Å². The molecule has 614 valence electrons. The fraction of sp³-hybridized carbons (Fsp3) is 0.662. The van der Waals surface area contributed by atoms with E-state index in [9.17, 15) is 77.0 Å². The lowest BCUT2D eigenvalue weighted by Crippen LogP contribution is -2.60. The van der Waals surface area contributed by atoms with Crippen molar-refractivity contribution < 1.29 is 77.0 Å². The lowest BCUT2D eigenvalue weighted by Gasteiger charge is -2.28. The molecule has 0 radical (unpaired) electrons. The van der Waals surface area contributed by atoms with Gasteiger partial charge in [0, 0.05) is 25.9 Å². The molecule has 0 saturated heterocycles. The number of primary amides is 2. The second-order valence-corrected chi connectivity index (χ2v) is 26.8. The Balaban J connectivity index is 3.48. The molecule has 0 fully saturated rings. The van der Waals surface area contributed by atoms with Crippen molar-refractivity contribution >= 4 is 101 Å². The molecule has 0 aliphatic carbocycles. The Morgan fingerprint density at radius 3 is 1.17 bits per heavy atom. The number of amides is 14. The molecule has 41 nitrogen and oxygen atoms in total. The van der Waals surface area contributed by atoms with Crippen molar-refractivity contribution in [2.24, 2.45) is 79.0 Å². The summed E-state index contributed by atoms with van der Waals surface area (Å²) in [5.41, 5.74) is 62.5. The number of carbonyl (C=O) groups is 15. The first-order valence-electron chi connectivity index (χ1n) is 36.7. The van der Waals surface area contributed by atoms with Gasteiger partial charge in [-0.25, -0.2) is 4.79 Å². The maximum Gasteiger partial charge on any atom is 0.326 e. The molecule has 0 aliphatic heterocycles. The van der Waals surface area contributed by atoms with Gasteiger partial charge < -0.3 is 132 Å². The smallest absolute Gasteiger partial charge is 0.326 e. The first kappa shape index (κ1) is 96.6. The number of nitrogens with one attached hydrogen (secondary N) is 12. The summed E-state index contributed by atoms with van der Waals surface area (Å²) in [5.74, 6) is -15.0. The molecule has 0 unspecified atom stereocenters. The second-order valence-electron chi connectivity index (χ2n) is 26.8. The Labute approximate surface area is 634 Å². The number of carboxylic acid groups (broad SMARTS) is 1. The van der Waals surface area contributed by atoms with Gasteiger partial charge >= 0.3 is 5.97 Å². The number of aliphatic carboxylic acids is 1. The molecule has 41 heteroatoms. The van der Waals surface area contributed by atoms with Crippen LogP contribution >= 0.6 is 0 Å². The van der Waals surface area contributed by atoms with Crippen LogP contribution in [0.2, 0.25) is 0 Å². The average Bonchev–Trinajstić information content (AvgIpc) is 0.864. The summed E-state index contributed by atoms with van der Waals surface area (Å²) < 4.78 is 0. The van der Waals surface area contributed by atoms with Crippen molar-refractivity contribution in [3.8, 4) is 0 Å². The zero-order chi connectivity index (χ0) is 82.1. The largest absolute Gasteiger partial charge is 0.480 e. The number of nitrogens with zero attached hydrogens (tertiary/aromatic N) is 2. The summed E-state index contributed by atoms with van der Waals surface area (Å²) in [7, 11) is 0. The molecule has 0 spiro atoms. The highest BCUT2D eigenvalue weighted by Crippen LogP contribution is 2.13. The number of rotatable bonds is 58. The topological polar surface area (TPSA) is 732 Å². The molecular weight excluding hydrogens is 1420 g/mol. The third-order valence-corrected chi connectivity index (χ3v) is 16.7. The van der Waals surface area contributed by atoms with Gasteiger partial charge in [-0.05, 0) is 161 Å². The maximum atomic E-state index is 14.4. The predicted octanol–water partition coefficient (Wildman–Crippen LogP) is -8.06. The number of guanidine groups is 2. The lowest BCUT2D eigenvalue weighted by molar-refractivity contribution is -0.142. The fourth-order valence-corrected chi connectivity index (χ4v) is 10.7. The summed E-state index contributed by atoms with van der Waals surface area (Å²) in [6.07, 6.45) is 1.36. The number of nitrogens with two attached hydrogens (primary N) is 11. The van der Waals surface area contributed by atoms with E-state index in [1.54, 1.807) is 44.2 Å². The Morgan fingerprint density at radius 2 is 0.734 bits per heavy atom. The summed E-state index contributed by atoms with van der Waals surface area (Å²) in [6, 6.07) is -8.07. The van der Waals surface area contributed by atoms with E-state index in [1.165, 1.54) is 13.8 Å². The zero-order valence-electron chi connectivity index (χ0n) is 63.0. The highest BCUT2D eigenvalue weighted by atomic mass is 16.4. The average molecular weight is 1540 g/mol. The summed E-state index contributed by atoms with van der Waals surface area (Å²) in [4.78, 5) is 211. The third kappa shape index (κ3) is 42.1. The first-order valence-corrected chi connectivity index (χ1v) is 36.7. The SMILES string of the molecule is CC(C)C[C@H](NC(=O)[C@H](C)NC(=O)CNC(=O)[C@H](CCCCN)NC(=O)[C@H](CCCN=C(N)N)NC(=O)[C@H](C)NC(=O)[C@H](Cc1ccccc1)NC(=O)[C@@H](N)CCCCN)C(=O)N[C@@H](CCCN=C(N)N)C(=O)N[C@@H](CCC(N)=O)C(=O)N[C@@H](CCCCN)C(=O)N[C@@H](CC(N)=O)C(=O)N[C@@H](CCCCN)C(=O)O. The Hall–Kier alpha value is -10.4. The van der Waals surface area contributed by atoms with E-state index in [0.29, 0.717) is 63.5 Å². The number of carboxylic acids is 1. The molecule has 0 heterocycles. The highest BCUT2D eigenvalue weighted by Gasteiger charge is 2.36. The summed E-state index contributed by atoms with van der Waals surface area (Å²) >= 11 is 0. The lowest BCUT2D eigenvalue weighted by atomic mass is 10.0. The van der Waals surface area contributed by atoms with Crippen LogP contribution in [0.15, 0.2) is 40.3 Å². The van der Waals surface area contributed by atoms with Crippen molar-refractivity contribution in [2.75, 3.05) is 45.8 Å². The van der Waals surface area contributed by atoms with Crippen LogP contribution in [-0.4, -0.2) is 224 Å². The third-order valence-electron chi connectivity index (χ3n) is 16.7. The minimum absolute atomic E-state index is 0.00875. The number of carbonyl (C=O) groups excluding carboxylic acids is 14. The van der Waals surface area contributed by atoms with E-state index in [1.807, 2.05) is 0 Å². The van der Waals surface area contributed by atoms with Crippen LogP contribution < -0.4 is 127 Å². The van der Waals surface area contributed by atoms with Crippen LogP contribution in [0.4, 0.5) is 0 Å². The minimum atomic E-state index is -1.73. The number of hydrogen-bond acceptors (Lipinski definition) is 22. The van der Waals surface area contributed by atoms with Crippen molar-refractivity contribution in [3.63, 3.8) is 0 Å². The Kier molecular flexibility index (Phi) is 48.1. The summed E-state index contributed by atoms with van der Waals surface area (Å²) in [5, 5.41) is 40.0. The molecule has 0 bridgehead atoms. The van der Waals surface area contributed by atoms with Gasteiger partial charge in [0.05, 0.1) is 19.0 Å². The maximum absolute atomic E-state index is 14.4. The minimum Gasteiger partial charge on any atom is -0.480 e. The van der Waals surface area contributed by atoms with Crippen LogP contribution in [-0.2, 0) is 78.3 Å². The number of unbranched alkanes of at least 4 members (excludes halogenated alkanes) is 4. The van der Waals surface area contributed by atoms with Crippen LogP contribution in [0.3, 0.4) is 0 Å². The molecule has 0 saturated carbocycles. The van der Waals surface area contributed by atoms with E-state index in [0.717, 1.165) is 0 Å². The Morgan fingerprint density at radius 1 is 0.376 bits per heavy atom. The molecule has 12 atom stereocenters. The van der Waals surface area contributed by atoms with Crippen molar-refractivity contribution in [3.05, 3.63) is 35.9 Å². The number of hydrogen-bond donors (Lipinski definition) is 24. The zero-order valence-corrected chi connectivity index (χ0v) is 63.0. The van der Waals surface area contributed by atoms with Crippen molar-refractivity contribution in [1.82, 2.24) is 63.8 Å². The molecule has 1 rings (SSSR count). The van der Waals surface area contributed by atoms with Crippen LogP contribution in [0, 0.1) is 5.92 Å². The van der Waals surface area contributed by atoms with Gasteiger partial charge in [-0.15, -0.1) is 0 Å². The van der Waals surface area contributed by atoms with Gasteiger partial charge in [0.1, 0.15) is 66.5 Å². The van der Waals surface area contributed by atoms with E-state index in [2.05, 4.69) is 73.8 Å². The molecule has 0 aromatic heterocycles. The second kappa shape index (κ2) is 54.2. The summed E-state index contributed by atoms with van der Waals surface area (Å²) in [6.45, 7) is 6.29. The monoisotopic (exact) mass is 1540 g/mol. The predicted molar refractivity (Wildman–Crippen MR) is 404 cm³/mol. The van der Waals surface area contributed by atoms with Crippen LogP contribution in [0.5, 0.6) is 0 Å². The normalized spacial score (nSPS) is 14.3. The van der Waals surface area contributed by atoms with Gasteiger partial charge in [0.25, 0.3) is 0 Å². The molecular formula is C68H121N25O16. The van der Waals surface area contributed by atoms with Gasteiger partial charge in [-0.3, -0.25) is 77.1 Å². The van der Waals surface area contributed by atoms with Gasteiger partial charge in [-0.1, -0.05) is 50.6 Å². The van der Waals surface area contributed by atoms with Gasteiger partial charge in [0.2, 0.25) is 82.7 Å². The quantitative estimate of drug-likeness (QED) is 0.0164. The van der Waals surface area contributed by atoms with Crippen molar-refractivity contribution in [1.29, 1.82) is 0 Å². The van der Waals surface area contributed by atoms with Crippen molar-refractivity contribution in [2.45, 2.75) is 235 Å². The number of benzene rings is 1. The molecule has 109 heavy (non-hydrogen) atoms. The molecule has 1 aromatic rings. The van der Waals surface area contributed by atoms with Gasteiger partial charge in [0.15, 0.2) is 11.9 Å². The molecule has 14 amide bonds. The van der Waals surface area contributed by atoms with Crippen LogP contribution in [0.1, 0.15) is 162 Å². The fourth-order valence-electron chi connectivity index (χ4n) is 10.7. The molecule has 35 N–H and O–H groups in total. The molecule has 0 aliphatic rings. The van der Waals surface area contributed by atoms with Gasteiger partial charge in [-0.2, -0.15) is 0 Å². The van der Waals surface area contributed by atoms with Crippen LogP contribution in [0.25, 0.3) is 0 Å². The van der Waals surface area contributed by atoms with E-state index >= 15 is 0 Å². The number of aliphatic imine (C=N–C) groups is 2. The first-order chi connectivity index (χ1) is 51.6. The highest BCUT2D eigenvalue weighted by molar-refractivity contribution is 6.00. The van der Waals surface area contributed by atoms with E-state index in [-0.39, 0.29) is 115 Å². The standard InChI is InChI=1S/C68H121N25O16/c1-38(2)34-49(64(106)88-46(25-17-33-81-68(78)79)60(102)89-47(26-27-52(74)94)62(104)87-44(22-10-14-30-71)61(103)93-51(36-53(75)95)65(107)90-48(66(108)109)23-11-15-31-72)91-55(97)39(3)83-54(96)37-82-58(100)43(21-9-13-29-70)86-59(101)45(24-16-32-80-67(76)77)85-56(98)40(4)84-63(105)50(35-41-18-6-5-7-19-41)92-57(99)42(73)20-8-12-28-69/h5-7,18-19,38-40,42-51H,8-17,20-37,69-73H2,1-4H3,(H2,74,94)(H2,75,95)(H,82,100)(H,83,96)(H,84,105)(H,85,98)(H,86,101)(H,87,104)(H,88,106)(H,89,102)(H,90,107)(H,91,97)(H,92,99)(H,93,103)(H,108,109)(H4,76,77,80)(H4,78,79,81)/t39-,40-,42-,43-,44-,45-,46-,47-,48-,49-,50-,51-/m0/s1.